The minimum atomic E-state index is -0.681. The number of hydrogen-bond acceptors (Lipinski definition) is 5. The van der Waals surface area contributed by atoms with Gasteiger partial charge in [0.15, 0.2) is 0 Å². The lowest BCUT2D eigenvalue weighted by Gasteiger charge is -2.39. The fourth-order valence-electron chi connectivity index (χ4n) is 4.79. The van der Waals surface area contributed by atoms with Gasteiger partial charge < -0.3 is 18.9 Å². The Morgan fingerprint density at radius 3 is 1.49 bits per heavy atom. The summed E-state index contributed by atoms with van der Waals surface area (Å²) < 4.78 is 30.5. The first-order chi connectivity index (χ1) is 20.1. The third-order valence-corrected chi connectivity index (χ3v) is 7.11. The number of hydrogen-bond donors (Lipinski definition) is 0. The molecular weight excluding hydrogens is 559 g/mol. The molecule has 0 spiro atoms. The first-order valence-corrected chi connectivity index (χ1v) is 14.1. The Bertz CT molecular complexity index is 1440. The topological polar surface area (TPSA) is 46.2 Å². The summed E-state index contributed by atoms with van der Waals surface area (Å²) in [5, 5.41) is 1.11. The van der Waals surface area contributed by atoms with Gasteiger partial charge in [-0.3, -0.25) is 4.74 Å². The van der Waals surface area contributed by atoms with Gasteiger partial charge in [-0.1, -0.05) is 108 Å². The Balaban J connectivity index is 1.16. The summed E-state index contributed by atoms with van der Waals surface area (Å²) in [7, 11) is 0. The van der Waals surface area contributed by atoms with E-state index in [0.29, 0.717) is 48.0 Å². The zero-order valence-electron chi connectivity index (χ0n) is 22.2. The van der Waals surface area contributed by atoms with E-state index in [1.807, 2.05) is 109 Å². The molecule has 0 amide bonds. The third kappa shape index (κ3) is 6.67. The zero-order valence-corrected chi connectivity index (χ0v) is 23.7. The van der Waals surface area contributed by atoms with Crippen LogP contribution in [0.15, 0.2) is 97.1 Å². The van der Waals surface area contributed by atoms with Crippen molar-refractivity contribution < 1.29 is 23.7 Å². The summed E-state index contributed by atoms with van der Waals surface area (Å²) in [5.74, 6) is 1.32. The van der Waals surface area contributed by atoms with E-state index in [2.05, 4.69) is 0 Å². The van der Waals surface area contributed by atoms with Gasteiger partial charge in [0.1, 0.15) is 11.5 Å². The van der Waals surface area contributed by atoms with Crippen LogP contribution in [0.2, 0.25) is 10.0 Å². The molecule has 6 rings (SSSR count). The highest BCUT2D eigenvalue weighted by atomic mass is 35.5. The summed E-state index contributed by atoms with van der Waals surface area (Å²) in [6, 6.07) is 27.5. The molecule has 2 aliphatic rings. The molecule has 2 heterocycles. The molecule has 0 saturated carbocycles. The van der Waals surface area contributed by atoms with Crippen LogP contribution in [-0.4, -0.2) is 13.2 Å². The van der Waals surface area contributed by atoms with Crippen molar-refractivity contribution in [3.8, 4) is 11.5 Å². The van der Waals surface area contributed by atoms with Gasteiger partial charge in [0.25, 0.3) is 0 Å². The number of ether oxygens (including phenoxy) is 5. The fourth-order valence-corrected chi connectivity index (χ4v) is 5.26. The highest BCUT2D eigenvalue weighted by Crippen LogP contribution is 2.51. The lowest BCUT2D eigenvalue weighted by atomic mass is 10.0. The second kappa shape index (κ2) is 12.9. The molecule has 4 aromatic rings. The Hall–Kier alpha value is -3.58. The standard InChI is InChI=1S/C34H28Cl2O5/c35-27-17-25(13-7-15-37-21-23-9-3-1-4-10-23)31-29(19-27)33-40-32-26(18-28(36)20-30(32)34(39-31)41-33)14-8-16-38-22-24-11-5-2-6-12-24/h1-14,17-20,33-34H,15-16,21-22H2/b13-7-,14-8-. The molecule has 2 atom stereocenters. The molecule has 0 aromatic heterocycles. The van der Waals surface area contributed by atoms with Gasteiger partial charge in [0.2, 0.25) is 12.6 Å². The molecule has 0 aliphatic carbocycles. The second-order valence-electron chi connectivity index (χ2n) is 9.67. The summed E-state index contributed by atoms with van der Waals surface area (Å²) in [5.41, 5.74) is 5.33. The van der Waals surface area contributed by atoms with E-state index in [9.17, 15) is 0 Å². The lowest BCUT2D eigenvalue weighted by Crippen LogP contribution is -2.31. The van der Waals surface area contributed by atoms with Crippen molar-refractivity contribution in [3.63, 3.8) is 0 Å². The quantitative estimate of drug-likeness (QED) is 0.173. The molecule has 0 saturated heterocycles. The first kappa shape index (κ1) is 27.6. The van der Waals surface area contributed by atoms with E-state index in [1.165, 1.54) is 0 Å². The maximum Gasteiger partial charge on any atom is 0.234 e. The van der Waals surface area contributed by atoms with Crippen LogP contribution in [0.3, 0.4) is 0 Å². The van der Waals surface area contributed by atoms with Gasteiger partial charge in [0.05, 0.1) is 37.6 Å². The van der Waals surface area contributed by atoms with Crippen molar-refractivity contribution >= 4 is 35.4 Å². The largest absolute Gasteiger partial charge is 0.459 e. The molecule has 2 unspecified atom stereocenters. The van der Waals surface area contributed by atoms with Crippen molar-refractivity contribution in [2.75, 3.05) is 13.2 Å². The van der Waals surface area contributed by atoms with Crippen LogP contribution in [0.1, 0.15) is 46.0 Å². The highest BCUT2D eigenvalue weighted by molar-refractivity contribution is 6.31. The van der Waals surface area contributed by atoms with Gasteiger partial charge in [0, 0.05) is 21.2 Å². The van der Waals surface area contributed by atoms with Crippen molar-refractivity contribution in [2.24, 2.45) is 0 Å². The van der Waals surface area contributed by atoms with Crippen LogP contribution >= 0.6 is 23.2 Å². The molecule has 4 aromatic carbocycles. The predicted octanol–water partition coefficient (Wildman–Crippen LogP) is 8.95. The van der Waals surface area contributed by atoms with Crippen LogP contribution < -0.4 is 9.47 Å². The van der Waals surface area contributed by atoms with Crippen LogP contribution in [0, 0.1) is 0 Å². The third-order valence-electron chi connectivity index (χ3n) is 6.67. The number of benzene rings is 4. The average Bonchev–Trinajstić information content (AvgIpc) is 2.99. The summed E-state index contributed by atoms with van der Waals surface area (Å²) in [6.45, 7) is 1.96. The molecule has 0 radical (unpaired) electrons. The van der Waals surface area contributed by atoms with E-state index in [0.717, 1.165) is 33.4 Å². The van der Waals surface area contributed by atoms with E-state index < -0.39 is 12.6 Å². The fraction of sp³-hybridized carbons (Fsp3) is 0.176. The van der Waals surface area contributed by atoms with Crippen molar-refractivity contribution in [1.82, 2.24) is 0 Å². The maximum atomic E-state index is 6.50. The monoisotopic (exact) mass is 586 g/mol. The van der Waals surface area contributed by atoms with E-state index >= 15 is 0 Å². The van der Waals surface area contributed by atoms with Crippen LogP contribution in [0.5, 0.6) is 11.5 Å². The summed E-state index contributed by atoms with van der Waals surface area (Å²) in [4.78, 5) is 0. The van der Waals surface area contributed by atoms with Crippen LogP contribution in [0.4, 0.5) is 0 Å². The smallest absolute Gasteiger partial charge is 0.234 e. The molecule has 0 fully saturated rings. The van der Waals surface area contributed by atoms with Crippen LogP contribution in [0.25, 0.3) is 12.2 Å². The predicted molar refractivity (Wildman–Crippen MR) is 161 cm³/mol. The van der Waals surface area contributed by atoms with Gasteiger partial charge in [-0.05, 0) is 35.4 Å². The molecule has 208 valence electrons. The van der Waals surface area contributed by atoms with Gasteiger partial charge >= 0.3 is 0 Å². The Labute approximate surface area is 249 Å². The molecule has 0 N–H and O–H groups in total. The minimum Gasteiger partial charge on any atom is -0.459 e. The number of rotatable bonds is 10. The van der Waals surface area contributed by atoms with Gasteiger partial charge in [-0.25, -0.2) is 0 Å². The van der Waals surface area contributed by atoms with Crippen molar-refractivity contribution in [1.29, 1.82) is 0 Å². The molecule has 2 bridgehead atoms. The first-order valence-electron chi connectivity index (χ1n) is 13.4. The van der Waals surface area contributed by atoms with Gasteiger partial charge in [-0.15, -0.1) is 0 Å². The van der Waals surface area contributed by atoms with Crippen molar-refractivity contribution in [3.05, 3.63) is 141 Å². The number of halogens is 2. The zero-order chi connectivity index (χ0) is 28.0. The normalized spacial score (nSPS) is 17.2. The molecular formula is C34H28Cl2O5. The molecule has 7 heteroatoms. The Morgan fingerprint density at radius 1 is 0.610 bits per heavy atom. The van der Waals surface area contributed by atoms with Gasteiger partial charge in [-0.2, -0.15) is 0 Å². The minimum absolute atomic E-state index is 0.444. The maximum absolute atomic E-state index is 6.50. The Kier molecular flexibility index (Phi) is 8.71. The summed E-state index contributed by atoms with van der Waals surface area (Å²) in [6.07, 6.45) is 6.41. The lowest BCUT2D eigenvalue weighted by molar-refractivity contribution is -0.227. The SMILES string of the molecule is Clc1cc(/C=C\COCc2ccccc2)c2c(c1)C1Oc3c(/C=C\COCc4ccccc4)cc(Cl)cc3C(O2)O1. The van der Waals surface area contributed by atoms with Crippen molar-refractivity contribution in [2.45, 2.75) is 25.8 Å². The second-order valence-corrected chi connectivity index (χ2v) is 10.5. The van der Waals surface area contributed by atoms with Crippen LogP contribution in [-0.2, 0) is 27.4 Å². The molecule has 41 heavy (non-hydrogen) atoms. The Morgan fingerprint density at radius 2 is 1.05 bits per heavy atom. The summed E-state index contributed by atoms with van der Waals surface area (Å²) >= 11 is 13.0. The number of fused-ring (bicyclic) bond motifs is 6. The van der Waals surface area contributed by atoms with E-state index in [4.69, 9.17) is 46.9 Å². The van der Waals surface area contributed by atoms with E-state index in [1.54, 1.807) is 0 Å². The van der Waals surface area contributed by atoms with E-state index in [-0.39, 0.29) is 0 Å². The molecule has 2 aliphatic heterocycles. The average molecular weight is 587 g/mol. The molecule has 5 nitrogen and oxygen atoms in total. The highest BCUT2D eigenvalue weighted by Gasteiger charge is 2.40.